The second kappa shape index (κ2) is 6.93. The highest BCUT2D eigenvalue weighted by Gasteiger charge is 2.15. The van der Waals surface area contributed by atoms with E-state index in [0.717, 1.165) is 35.3 Å². The molecule has 0 fully saturated rings. The number of nitrogens with two attached hydrogens (primary N) is 1. The second-order valence-electron chi connectivity index (χ2n) is 5.33. The zero-order valence-corrected chi connectivity index (χ0v) is 12.7. The van der Waals surface area contributed by atoms with Crippen molar-refractivity contribution in [2.75, 3.05) is 12.3 Å². The normalized spacial score (nSPS) is 10.4. The van der Waals surface area contributed by atoms with Crippen LogP contribution >= 0.6 is 0 Å². The Bertz CT molecular complexity index is 588. The average Bonchev–Trinajstić information content (AvgIpc) is 2.49. The van der Waals surface area contributed by atoms with Crippen LogP contribution in [-0.2, 0) is 6.54 Å². The Kier molecular flexibility index (Phi) is 4.99. The topological polar surface area (TPSA) is 46.3 Å². The van der Waals surface area contributed by atoms with Crippen molar-refractivity contribution >= 4 is 11.6 Å². The molecule has 3 nitrogen and oxygen atoms in total. The molecule has 0 radical (unpaired) electrons. The molecule has 21 heavy (non-hydrogen) atoms. The second-order valence-corrected chi connectivity index (χ2v) is 5.33. The lowest BCUT2D eigenvalue weighted by Gasteiger charge is -2.22. The molecule has 0 aromatic heterocycles. The first kappa shape index (κ1) is 15.1. The minimum atomic E-state index is 0.0775. The van der Waals surface area contributed by atoms with E-state index in [2.05, 4.69) is 6.92 Å². The first-order valence-electron chi connectivity index (χ1n) is 7.30. The number of hydrogen-bond donors (Lipinski definition) is 1. The van der Waals surface area contributed by atoms with E-state index in [9.17, 15) is 4.79 Å². The quantitative estimate of drug-likeness (QED) is 0.851. The molecule has 2 aromatic rings. The van der Waals surface area contributed by atoms with Crippen LogP contribution in [0, 0.1) is 6.92 Å². The molecule has 0 heterocycles. The highest BCUT2D eigenvalue weighted by molar-refractivity contribution is 5.94. The zero-order chi connectivity index (χ0) is 15.2. The van der Waals surface area contributed by atoms with E-state index < -0.39 is 0 Å². The number of hydrogen-bond acceptors (Lipinski definition) is 2. The van der Waals surface area contributed by atoms with Crippen molar-refractivity contribution in [3.8, 4) is 0 Å². The van der Waals surface area contributed by atoms with Gasteiger partial charge in [0.1, 0.15) is 0 Å². The van der Waals surface area contributed by atoms with E-state index in [-0.39, 0.29) is 5.91 Å². The van der Waals surface area contributed by atoms with Gasteiger partial charge in [0.2, 0.25) is 0 Å². The summed E-state index contributed by atoms with van der Waals surface area (Å²) in [5.74, 6) is 0.0775. The van der Waals surface area contributed by atoms with Gasteiger partial charge in [0.25, 0.3) is 5.91 Å². The summed E-state index contributed by atoms with van der Waals surface area (Å²) in [6.07, 6.45) is 0.937. The Hall–Kier alpha value is -2.29. The van der Waals surface area contributed by atoms with E-state index in [1.807, 2.05) is 60.4 Å². The molecular formula is C18H22N2O. The number of amides is 1. The van der Waals surface area contributed by atoms with Crippen molar-refractivity contribution in [1.82, 2.24) is 4.90 Å². The van der Waals surface area contributed by atoms with Crippen molar-refractivity contribution in [2.24, 2.45) is 0 Å². The number of carbonyl (C=O) groups excluding carboxylic acids is 1. The summed E-state index contributed by atoms with van der Waals surface area (Å²) in [7, 11) is 0. The predicted molar refractivity (Wildman–Crippen MR) is 87.1 cm³/mol. The van der Waals surface area contributed by atoms with Crippen LogP contribution < -0.4 is 5.73 Å². The Morgan fingerprint density at radius 2 is 1.67 bits per heavy atom. The third-order valence-corrected chi connectivity index (χ3v) is 3.43. The van der Waals surface area contributed by atoms with Crippen LogP contribution in [0.3, 0.4) is 0 Å². The molecule has 2 aromatic carbocycles. The van der Waals surface area contributed by atoms with Crippen LogP contribution in [-0.4, -0.2) is 17.4 Å². The predicted octanol–water partition coefficient (Wildman–Crippen LogP) is 3.63. The third-order valence-electron chi connectivity index (χ3n) is 3.43. The Labute approximate surface area is 126 Å². The largest absolute Gasteiger partial charge is 0.399 e. The standard InChI is InChI=1S/C18H22N2O/c1-3-12-20(13-15-6-10-17(19)11-7-15)18(21)16-8-4-14(2)5-9-16/h4-11H,3,12-13,19H2,1-2H3. The molecule has 1 amide bonds. The number of rotatable bonds is 5. The zero-order valence-electron chi connectivity index (χ0n) is 12.7. The SMILES string of the molecule is CCCN(Cc1ccc(N)cc1)C(=O)c1ccc(C)cc1. The van der Waals surface area contributed by atoms with Gasteiger partial charge in [-0.2, -0.15) is 0 Å². The molecule has 0 aliphatic heterocycles. The fourth-order valence-corrected chi connectivity index (χ4v) is 2.24. The molecule has 0 aliphatic carbocycles. The smallest absolute Gasteiger partial charge is 0.254 e. The van der Waals surface area contributed by atoms with Gasteiger partial charge in [-0.1, -0.05) is 36.8 Å². The van der Waals surface area contributed by atoms with Crippen LogP contribution in [0.1, 0.15) is 34.8 Å². The van der Waals surface area contributed by atoms with E-state index in [1.165, 1.54) is 0 Å². The van der Waals surface area contributed by atoms with Crippen LogP contribution in [0.4, 0.5) is 5.69 Å². The monoisotopic (exact) mass is 282 g/mol. The molecule has 2 rings (SSSR count). The van der Waals surface area contributed by atoms with Crippen LogP contribution in [0.2, 0.25) is 0 Å². The first-order chi connectivity index (χ1) is 10.1. The van der Waals surface area contributed by atoms with Crippen LogP contribution in [0.25, 0.3) is 0 Å². The number of anilines is 1. The van der Waals surface area contributed by atoms with Gasteiger partial charge in [-0.25, -0.2) is 0 Å². The minimum Gasteiger partial charge on any atom is -0.399 e. The molecular weight excluding hydrogens is 260 g/mol. The summed E-state index contributed by atoms with van der Waals surface area (Å²) in [6, 6.07) is 15.4. The van der Waals surface area contributed by atoms with E-state index in [4.69, 9.17) is 5.73 Å². The van der Waals surface area contributed by atoms with Gasteiger partial charge in [-0.15, -0.1) is 0 Å². The van der Waals surface area contributed by atoms with E-state index in [1.54, 1.807) is 0 Å². The van der Waals surface area contributed by atoms with Crippen molar-refractivity contribution in [2.45, 2.75) is 26.8 Å². The maximum Gasteiger partial charge on any atom is 0.254 e. The number of aryl methyl sites for hydroxylation is 1. The third kappa shape index (κ3) is 4.09. The Balaban J connectivity index is 2.15. The minimum absolute atomic E-state index is 0.0775. The van der Waals surface area contributed by atoms with Gasteiger partial charge in [-0.3, -0.25) is 4.79 Å². The average molecular weight is 282 g/mol. The number of carbonyl (C=O) groups is 1. The number of nitrogen functional groups attached to an aromatic ring is 1. The van der Waals surface area contributed by atoms with Crippen LogP contribution in [0.15, 0.2) is 48.5 Å². The highest BCUT2D eigenvalue weighted by Crippen LogP contribution is 2.13. The van der Waals surface area contributed by atoms with Crippen molar-refractivity contribution in [3.63, 3.8) is 0 Å². The molecule has 0 atom stereocenters. The lowest BCUT2D eigenvalue weighted by molar-refractivity contribution is 0.0743. The van der Waals surface area contributed by atoms with E-state index in [0.29, 0.717) is 6.54 Å². The van der Waals surface area contributed by atoms with Crippen molar-refractivity contribution in [3.05, 3.63) is 65.2 Å². The van der Waals surface area contributed by atoms with E-state index >= 15 is 0 Å². The first-order valence-corrected chi connectivity index (χ1v) is 7.30. The summed E-state index contributed by atoms with van der Waals surface area (Å²) in [4.78, 5) is 14.5. The molecule has 0 unspecified atom stereocenters. The Morgan fingerprint density at radius 1 is 1.05 bits per heavy atom. The number of nitrogens with zero attached hydrogens (tertiary/aromatic N) is 1. The lowest BCUT2D eigenvalue weighted by atomic mass is 10.1. The molecule has 0 spiro atoms. The lowest BCUT2D eigenvalue weighted by Crippen LogP contribution is -2.31. The molecule has 0 saturated heterocycles. The maximum absolute atomic E-state index is 12.6. The van der Waals surface area contributed by atoms with Gasteiger partial charge >= 0.3 is 0 Å². The highest BCUT2D eigenvalue weighted by atomic mass is 16.2. The Morgan fingerprint density at radius 3 is 2.24 bits per heavy atom. The fourth-order valence-electron chi connectivity index (χ4n) is 2.24. The summed E-state index contributed by atoms with van der Waals surface area (Å²) < 4.78 is 0. The molecule has 110 valence electrons. The molecule has 0 aliphatic rings. The van der Waals surface area contributed by atoms with Crippen LogP contribution in [0.5, 0.6) is 0 Å². The molecule has 3 heteroatoms. The van der Waals surface area contributed by atoms with Gasteiger partial charge in [0, 0.05) is 24.3 Å². The molecule has 0 saturated carbocycles. The van der Waals surface area contributed by atoms with Gasteiger partial charge in [-0.05, 0) is 43.2 Å². The van der Waals surface area contributed by atoms with Gasteiger partial charge < -0.3 is 10.6 Å². The maximum atomic E-state index is 12.6. The summed E-state index contributed by atoms with van der Waals surface area (Å²) in [5, 5.41) is 0. The van der Waals surface area contributed by atoms with Gasteiger partial charge in [0.15, 0.2) is 0 Å². The summed E-state index contributed by atoms with van der Waals surface area (Å²) in [5.41, 5.74) is 9.44. The molecule has 2 N–H and O–H groups in total. The van der Waals surface area contributed by atoms with Crippen molar-refractivity contribution < 1.29 is 4.79 Å². The fraction of sp³-hybridized carbons (Fsp3) is 0.278. The number of benzene rings is 2. The summed E-state index contributed by atoms with van der Waals surface area (Å²) in [6.45, 7) is 5.46. The summed E-state index contributed by atoms with van der Waals surface area (Å²) >= 11 is 0. The van der Waals surface area contributed by atoms with Crippen molar-refractivity contribution in [1.29, 1.82) is 0 Å². The molecule has 0 bridgehead atoms. The van der Waals surface area contributed by atoms with Gasteiger partial charge in [0.05, 0.1) is 0 Å².